The zero-order valence-corrected chi connectivity index (χ0v) is 15.3. The van der Waals surface area contributed by atoms with Crippen LogP contribution in [0, 0.1) is 0 Å². The second-order valence-electron chi connectivity index (χ2n) is 5.70. The maximum Gasteiger partial charge on any atom is 0.330 e. The summed E-state index contributed by atoms with van der Waals surface area (Å²) in [7, 11) is 3.16. The van der Waals surface area contributed by atoms with Gasteiger partial charge in [0.2, 0.25) is 0 Å². The van der Waals surface area contributed by atoms with E-state index < -0.39 is 0 Å². The van der Waals surface area contributed by atoms with Crippen LogP contribution in [0.4, 0.5) is 0 Å². The quantitative estimate of drug-likeness (QED) is 0.658. The maximum absolute atomic E-state index is 12.0. The molecule has 130 valence electrons. The second-order valence-corrected chi connectivity index (χ2v) is 6.64. The molecule has 0 fully saturated rings. The van der Waals surface area contributed by atoms with E-state index in [1.165, 1.54) is 29.4 Å². The molecule has 0 aliphatic heterocycles. The summed E-state index contributed by atoms with van der Waals surface area (Å²) in [6.45, 7) is 2.87. The van der Waals surface area contributed by atoms with E-state index >= 15 is 0 Å². The number of imidazole rings is 1. The van der Waals surface area contributed by atoms with Gasteiger partial charge in [0.05, 0.1) is 11.9 Å². The van der Waals surface area contributed by atoms with Gasteiger partial charge in [0.25, 0.3) is 5.56 Å². The fourth-order valence-corrected chi connectivity index (χ4v) is 3.74. The Bertz CT molecular complexity index is 1000. The molecule has 0 aliphatic rings. The van der Waals surface area contributed by atoms with Crippen LogP contribution in [0.2, 0.25) is 0 Å². The predicted octanol–water partition coefficient (Wildman–Crippen LogP) is 2.26. The Morgan fingerprint density at radius 1 is 1.08 bits per heavy atom. The number of hydrogen-bond donors (Lipinski definition) is 0. The highest BCUT2D eigenvalue weighted by Crippen LogP contribution is 2.27. The molecule has 0 atom stereocenters. The Morgan fingerprint density at radius 3 is 2.48 bits per heavy atom. The molecule has 0 bridgehead atoms. The molecule has 2 heterocycles. The average molecular weight is 356 g/mol. The molecular formula is C18H20N4O2S. The first-order valence-corrected chi connectivity index (χ1v) is 9.01. The number of rotatable bonds is 5. The minimum Gasteiger partial charge on any atom is -0.319 e. The Labute approximate surface area is 149 Å². The van der Waals surface area contributed by atoms with E-state index in [2.05, 4.69) is 28.6 Å². The summed E-state index contributed by atoms with van der Waals surface area (Å²) in [5.74, 6) is 0.507. The van der Waals surface area contributed by atoms with Crippen molar-refractivity contribution in [1.82, 2.24) is 18.7 Å². The summed E-state index contributed by atoms with van der Waals surface area (Å²) in [5, 5.41) is 0.870. The zero-order chi connectivity index (χ0) is 18.0. The summed E-state index contributed by atoms with van der Waals surface area (Å²) >= 11 is 1.52. The highest BCUT2D eigenvalue weighted by molar-refractivity contribution is 7.98. The normalized spacial score (nSPS) is 11.0. The molecule has 25 heavy (non-hydrogen) atoms. The van der Waals surface area contributed by atoms with Gasteiger partial charge in [-0.1, -0.05) is 42.1 Å². The van der Waals surface area contributed by atoms with E-state index in [1.54, 1.807) is 7.05 Å². The van der Waals surface area contributed by atoms with Gasteiger partial charge in [-0.2, -0.15) is 0 Å². The summed E-state index contributed by atoms with van der Waals surface area (Å²) < 4.78 is 4.75. The van der Waals surface area contributed by atoms with Gasteiger partial charge >= 0.3 is 5.69 Å². The van der Waals surface area contributed by atoms with Crippen molar-refractivity contribution < 1.29 is 0 Å². The molecule has 0 saturated heterocycles. The lowest BCUT2D eigenvalue weighted by molar-refractivity contribution is 0.662. The van der Waals surface area contributed by atoms with E-state index in [0.29, 0.717) is 11.4 Å². The van der Waals surface area contributed by atoms with Crippen LogP contribution in [-0.4, -0.2) is 18.7 Å². The van der Waals surface area contributed by atoms with Gasteiger partial charge in [0.15, 0.2) is 5.16 Å². The minimum absolute atomic E-state index is 0.289. The van der Waals surface area contributed by atoms with Crippen LogP contribution in [0.15, 0.2) is 57.3 Å². The number of benzene rings is 1. The van der Waals surface area contributed by atoms with Crippen molar-refractivity contribution in [3.8, 4) is 11.3 Å². The molecular weight excluding hydrogens is 336 g/mol. The molecule has 0 radical (unpaired) electrons. The maximum atomic E-state index is 12.0. The molecule has 0 saturated carbocycles. The SMILES string of the molecule is CCn1c(-c2ccccc2)cnc1SCc1cc(=O)n(C)c(=O)n1C. The Hall–Kier alpha value is -2.54. The topological polar surface area (TPSA) is 61.8 Å². The van der Waals surface area contributed by atoms with Crippen molar-refractivity contribution >= 4 is 11.8 Å². The molecule has 0 unspecified atom stereocenters. The van der Waals surface area contributed by atoms with E-state index in [9.17, 15) is 9.59 Å². The Morgan fingerprint density at radius 2 is 1.80 bits per heavy atom. The molecule has 1 aromatic carbocycles. The first-order chi connectivity index (χ1) is 12.0. The number of thioether (sulfide) groups is 1. The van der Waals surface area contributed by atoms with Crippen molar-refractivity contribution in [3.05, 3.63) is 69.1 Å². The number of hydrogen-bond acceptors (Lipinski definition) is 4. The fourth-order valence-electron chi connectivity index (χ4n) is 2.67. The van der Waals surface area contributed by atoms with E-state index in [4.69, 9.17) is 0 Å². The minimum atomic E-state index is -0.313. The van der Waals surface area contributed by atoms with E-state index in [-0.39, 0.29) is 11.2 Å². The highest BCUT2D eigenvalue weighted by Gasteiger charge is 2.12. The fraction of sp³-hybridized carbons (Fsp3) is 0.278. The molecule has 0 aliphatic carbocycles. The second kappa shape index (κ2) is 7.14. The van der Waals surface area contributed by atoms with Crippen LogP contribution in [0.5, 0.6) is 0 Å². The largest absolute Gasteiger partial charge is 0.330 e. The third kappa shape index (κ3) is 3.32. The molecule has 0 N–H and O–H groups in total. The average Bonchev–Trinajstić information content (AvgIpc) is 3.05. The molecule has 3 rings (SSSR count). The van der Waals surface area contributed by atoms with Gasteiger partial charge in [-0.3, -0.25) is 13.9 Å². The number of aromatic nitrogens is 4. The van der Waals surface area contributed by atoms with Crippen LogP contribution in [0.1, 0.15) is 12.6 Å². The molecule has 2 aromatic heterocycles. The van der Waals surface area contributed by atoms with E-state index in [0.717, 1.165) is 27.5 Å². The van der Waals surface area contributed by atoms with Crippen LogP contribution >= 0.6 is 11.8 Å². The summed E-state index contributed by atoms with van der Waals surface area (Å²) in [4.78, 5) is 28.4. The van der Waals surface area contributed by atoms with Crippen molar-refractivity contribution in [2.45, 2.75) is 24.4 Å². The zero-order valence-electron chi connectivity index (χ0n) is 14.5. The van der Waals surface area contributed by atoms with Crippen LogP contribution in [-0.2, 0) is 26.4 Å². The van der Waals surface area contributed by atoms with E-state index in [1.807, 2.05) is 24.4 Å². The first-order valence-electron chi connectivity index (χ1n) is 8.02. The Kier molecular flexibility index (Phi) is 4.94. The van der Waals surface area contributed by atoms with Crippen molar-refractivity contribution in [1.29, 1.82) is 0 Å². The van der Waals surface area contributed by atoms with Gasteiger partial charge in [-0.05, 0) is 12.5 Å². The van der Waals surface area contributed by atoms with Crippen LogP contribution in [0.3, 0.4) is 0 Å². The van der Waals surface area contributed by atoms with Crippen LogP contribution < -0.4 is 11.2 Å². The van der Waals surface area contributed by atoms with Crippen molar-refractivity contribution in [2.24, 2.45) is 14.1 Å². The lowest BCUT2D eigenvalue weighted by Crippen LogP contribution is -2.37. The van der Waals surface area contributed by atoms with Gasteiger partial charge in [-0.15, -0.1) is 0 Å². The highest BCUT2D eigenvalue weighted by atomic mass is 32.2. The number of nitrogens with zero attached hydrogens (tertiary/aromatic N) is 4. The predicted molar refractivity (Wildman–Crippen MR) is 99.8 cm³/mol. The Balaban J connectivity index is 1.89. The molecule has 3 aromatic rings. The lowest BCUT2D eigenvalue weighted by Gasteiger charge is -2.11. The standard InChI is InChI=1S/C18H20N4O2S/c1-4-22-15(13-8-6-5-7-9-13)11-19-17(22)25-12-14-10-16(23)21(3)18(24)20(14)2/h5-11H,4,12H2,1-3H3. The van der Waals surface area contributed by atoms with Gasteiger partial charge in [-0.25, -0.2) is 9.78 Å². The van der Waals surface area contributed by atoms with Gasteiger partial charge in [0.1, 0.15) is 0 Å². The summed E-state index contributed by atoms with van der Waals surface area (Å²) in [5.41, 5.74) is 2.26. The third-order valence-electron chi connectivity index (χ3n) is 4.18. The van der Waals surface area contributed by atoms with Gasteiger partial charge in [0, 0.05) is 38.2 Å². The molecule has 0 spiro atoms. The van der Waals surface area contributed by atoms with Crippen LogP contribution in [0.25, 0.3) is 11.3 Å². The summed E-state index contributed by atoms with van der Waals surface area (Å²) in [6.07, 6.45) is 1.87. The first kappa shape index (κ1) is 17.3. The molecule has 7 heteroatoms. The van der Waals surface area contributed by atoms with Crippen molar-refractivity contribution in [3.63, 3.8) is 0 Å². The summed E-state index contributed by atoms with van der Waals surface area (Å²) in [6, 6.07) is 11.6. The van der Waals surface area contributed by atoms with Gasteiger partial charge < -0.3 is 4.57 Å². The molecule has 0 amide bonds. The monoisotopic (exact) mass is 356 g/mol. The molecule has 6 nitrogen and oxygen atoms in total. The smallest absolute Gasteiger partial charge is 0.319 e. The van der Waals surface area contributed by atoms with Crippen molar-refractivity contribution in [2.75, 3.05) is 0 Å². The third-order valence-corrected chi connectivity index (χ3v) is 5.20. The lowest BCUT2D eigenvalue weighted by atomic mass is 10.2.